The number of ether oxygens (including phenoxy) is 1. The van der Waals surface area contributed by atoms with E-state index in [1.165, 1.54) is 0 Å². The van der Waals surface area contributed by atoms with Crippen LogP contribution in [0.3, 0.4) is 0 Å². The summed E-state index contributed by atoms with van der Waals surface area (Å²) in [4.78, 5) is 17.7. The number of amides is 1. The lowest BCUT2D eigenvalue weighted by atomic mass is 10.1. The van der Waals surface area contributed by atoms with E-state index in [9.17, 15) is 18.0 Å². The fraction of sp³-hybridized carbons (Fsp3) is 0.769. The Bertz CT molecular complexity index is 504. The van der Waals surface area contributed by atoms with Crippen molar-refractivity contribution in [1.29, 1.82) is 0 Å². The Kier molecular flexibility index (Phi) is 5.38. The van der Waals surface area contributed by atoms with Crippen molar-refractivity contribution in [2.45, 2.75) is 44.9 Å². The number of morpholine rings is 1. The maximum Gasteiger partial charge on any atom is 0.408 e. The third-order valence-electron chi connectivity index (χ3n) is 3.39. The van der Waals surface area contributed by atoms with E-state index in [0.717, 1.165) is 23.9 Å². The molecule has 0 aliphatic carbocycles. The fourth-order valence-corrected chi connectivity index (χ4v) is 2.31. The number of rotatable bonds is 5. The highest BCUT2D eigenvalue weighted by atomic mass is 19.4. The van der Waals surface area contributed by atoms with Crippen LogP contribution in [0, 0.1) is 0 Å². The van der Waals surface area contributed by atoms with E-state index >= 15 is 0 Å². The van der Waals surface area contributed by atoms with E-state index in [4.69, 9.17) is 4.74 Å². The molecule has 2 rings (SSSR count). The number of hydrogen-bond acceptors (Lipinski definition) is 4. The lowest BCUT2D eigenvalue weighted by Gasteiger charge is -2.34. The summed E-state index contributed by atoms with van der Waals surface area (Å²) in [6.45, 7) is 1.81. The molecule has 0 aromatic carbocycles. The van der Waals surface area contributed by atoms with Gasteiger partial charge < -0.3 is 9.64 Å². The molecule has 0 bridgehead atoms. The molecule has 1 aromatic heterocycles. The normalized spacial score (nSPS) is 19.5. The molecule has 1 fully saturated rings. The van der Waals surface area contributed by atoms with E-state index in [0.29, 0.717) is 19.6 Å². The molecule has 1 amide bonds. The topological polar surface area (TPSA) is 60.3 Å². The Morgan fingerprint density at radius 3 is 2.95 bits per heavy atom. The van der Waals surface area contributed by atoms with E-state index in [1.54, 1.807) is 4.90 Å². The molecule has 0 spiro atoms. The number of carbonyl (C=O) groups excluding carboxylic acids is 1. The van der Waals surface area contributed by atoms with Crippen LogP contribution in [0.5, 0.6) is 0 Å². The minimum absolute atomic E-state index is 0.0395. The molecule has 0 radical (unpaired) electrons. The van der Waals surface area contributed by atoms with Gasteiger partial charge in [0, 0.05) is 13.0 Å². The van der Waals surface area contributed by atoms with Crippen molar-refractivity contribution in [2.75, 3.05) is 19.8 Å². The van der Waals surface area contributed by atoms with E-state index in [1.807, 2.05) is 6.92 Å². The van der Waals surface area contributed by atoms with Crippen LogP contribution < -0.4 is 0 Å². The van der Waals surface area contributed by atoms with Gasteiger partial charge in [-0.1, -0.05) is 13.3 Å². The summed E-state index contributed by atoms with van der Waals surface area (Å²) in [7, 11) is 0. The smallest absolute Gasteiger partial charge is 0.377 e. The van der Waals surface area contributed by atoms with Gasteiger partial charge in [-0.2, -0.15) is 18.3 Å². The number of unbranched alkanes of at least 4 members (excludes halogenated alkanes) is 1. The second-order valence-electron chi connectivity index (χ2n) is 5.20. The standard InChI is InChI=1S/C13H19F3N4O2/c1-2-3-4-11(21)20-5-6-22-7-10(20)12-17-9-19(18-12)8-13(14,15)16/h9-10H,2-8H2,1H3/t10-/m0/s1. The Hall–Kier alpha value is -1.64. The first kappa shape index (κ1) is 16.7. The highest BCUT2D eigenvalue weighted by Gasteiger charge is 2.33. The SMILES string of the molecule is CCCCC(=O)N1CCOC[C@H]1c1ncn(CC(F)(F)F)n1. The molecule has 9 heteroatoms. The molecule has 2 heterocycles. The monoisotopic (exact) mass is 320 g/mol. The maximum atomic E-state index is 12.4. The molecule has 6 nitrogen and oxygen atoms in total. The van der Waals surface area contributed by atoms with Gasteiger partial charge in [0.1, 0.15) is 18.9 Å². The van der Waals surface area contributed by atoms with Crippen LogP contribution >= 0.6 is 0 Å². The lowest BCUT2D eigenvalue weighted by molar-refractivity contribution is -0.144. The first-order valence-electron chi connectivity index (χ1n) is 7.24. The number of carbonyl (C=O) groups is 1. The van der Waals surface area contributed by atoms with Crippen molar-refractivity contribution < 1.29 is 22.7 Å². The number of halogens is 3. The van der Waals surface area contributed by atoms with E-state index in [-0.39, 0.29) is 18.3 Å². The van der Waals surface area contributed by atoms with Gasteiger partial charge in [-0.15, -0.1) is 0 Å². The van der Waals surface area contributed by atoms with Crippen LogP contribution in [0.1, 0.15) is 38.1 Å². The van der Waals surface area contributed by atoms with E-state index < -0.39 is 18.8 Å². The van der Waals surface area contributed by atoms with Gasteiger partial charge in [0.25, 0.3) is 0 Å². The Morgan fingerprint density at radius 2 is 2.27 bits per heavy atom. The van der Waals surface area contributed by atoms with Crippen molar-refractivity contribution in [1.82, 2.24) is 19.7 Å². The highest BCUT2D eigenvalue weighted by Crippen LogP contribution is 2.23. The zero-order valence-electron chi connectivity index (χ0n) is 12.3. The number of nitrogens with zero attached hydrogens (tertiary/aromatic N) is 4. The molecule has 1 atom stereocenters. The molecular weight excluding hydrogens is 301 g/mol. The summed E-state index contributed by atoms with van der Waals surface area (Å²) in [6.07, 6.45) is -1.23. The van der Waals surface area contributed by atoms with Gasteiger partial charge in [0.05, 0.1) is 13.2 Å². The average molecular weight is 320 g/mol. The van der Waals surface area contributed by atoms with Gasteiger partial charge in [-0.05, 0) is 6.42 Å². The van der Waals surface area contributed by atoms with Crippen LogP contribution in [-0.4, -0.2) is 51.5 Å². The molecule has 1 aliphatic heterocycles. The van der Waals surface area contributed by atoms with Gasteiger partial charge in [-0.3, -0.25) is 4.79 Å². The predicted octanol–water partition coefficient (Wildman–Crippen LogP) is 1.93. The molecule has 1 saturated heterocycles. The summed E-state index contributed by atoms with van der Waals surface area (Å²) >= 11 is 0. The third kappa shape index (κ3) is 4.43. The summed E-state index contributed by atoms with van der Waals surface area (Å²) in [5, 5.41) is 3.84. The number of alkyl halides is 3. The highest BCUT2D eigenvalue weighted by molar-refractivity contribution is 5.76. The molecule has 22 heavy (non-hydrogen) atoms. The summed E-state index contributed by atoms with van der Waals surface area (Å²) in [5.41, 5.74) is 0. The molecule has 1 aliphatic rings. The Labute approximate surface area is 126 Å². The van der Waals surface area contributed by atoms with Crippen LogP contribution in [-0.2, 0) is 16.1 Å². The van der Waals surface area contributed by atoms with Crippen LogP contribution in [0.4, 0.5) is 13.2 Å². The molecular formula is C13H19F3N4O2. The van der Waals surface area contributed by atoms with Gasteiger partial charge in [-0.25, -0.2) is 9.67 Å². The summed E-state index contributed by atoms with van der Waals surface area (Å²) in [5.74, 6) is 0.149. The zero-order valence-corrected chi connectivity index (χ0v) is 12.3. The number of aromatic nitrogens is 3. The minimum atomic E-state index is -4.36. The van der Waals surface area contributed by atoms with Crippen molar-refractivity contribution in [3.05, 3.63) is 12.2 Å². The molecule has 124 valence electrons. The largest absolute Gasteiger partial charge is 0.408 e. The molecule has 0 unspecified atom stereocenters. The van der Waals surface area contributed by atoms with Crippen LogP contribution in [0.15, 0.2) is 6.33 Å². The van der Waals surface area contributed by atoms with Crippen molar-refractivity contribution in [3.63, 3.8) is 0 Å². The Morgan fingerprint density at radius 1 is 1.50 bits per heavy atom. The van der Waals surface area contributed by atoms with Crippen molar-refractivity contribution in [3.8, 4) is 0 Å². The maximum absolute atomic E-state index is 12.4. The van der Waals surface area contributed by atoms with E-state index in [2.05, 4.69) is 10.1 Å². The van der Waals surface area contributed by atoms with Crippen LogP contribution in [0.25, 0.3) is 0 Å². The van der Waals surface area contributed by atoms with Gasteiger partial charge >= 0.3 is 6.18 Å². The van der Waals surface area contributed by atoms with Crippen LogP contribution in [0.2, 0.25) is 0 Å². The van der Waals surface area contributed by atoms with Gasteiger partial charge in [0.2, 0.25) is 5.91 Å². The fourth-order valence-electron chi connectivity index (χ4n) is 2.31. The summed E-state index contributed by atoms with van der Waals surface area (Å²) < 4.78 is 43.1. The third-order valence-corrected chi connectivity index (χ3v) is 3.39. The summed E-state index contributed by atoms with van der Waals surface area (Å²) in [6, 6.07) is -0.521. The second kappa shape index (κ2) is 7.08. The van der Waals surface area contributed by atoms with Crippen molar-refractivity contribution >= 4 is 5.91 Å². The molecule has 1 aromatic rings. The first-order valence-corrected chi connectivity index (χ1v) is 7.24. The zero-order chi connectivity index (χ0) is 16.2. The minimum Gasteiger partial charge on any atom is -0.377 e. The second-order valence-corrected chi connectivity index (χ2v) is 5.20. The predicted molar refractivity (Wildman–Crippen MR) is 70.9 cm³/mol. The van der Waals surface area contributed by atoms with Crippen molar-refractivity contribution in [2.24, 2.45) is 0 Å². The Balaban J connectivity index is 2.09. The van der Waals surface area contributed by atoms with Gasteiger partial charge in [0.15, 0.2) is 5.82 Å². The quantitative estimate of drug-likeness (QED) is 0.832. The average Bonchev–Trinajstić information content (AvgIpc) is 2.91. The number of hydrogen-bond donors (Lipinski definition) is 0. The lowest BCUT2D eigenvalue weighted by Crippen LogP contribution is -2.43. The first-order chi connectivity index (χ1) is 10.4. The molecule has 0 N–H and O–H groups in total. The molecule has 0 saturated carbocycles.